The van der Waals surface area contributed by atoms with Crippen LogP contribution in [0.25, 0.3) is 10.9 Å². The normalized spacial score (nSPS) is 10.2. The third-order valence-electron chi connectivity index (χ3n) is 2.44. The SMILES string of the molecule is Cc1[nH]c2cccc(C#N)c2c1C. The van der Waals surface area contributed by atoms with Gasteiger partial charge in [-0.2, -0.15) is 5.26 Å². The van der Waals surface area contributed by atoms with E-state index in [9.17, 15) is 0 Å². The van der Waals surface area contributed by atoms with Gasteiger partial charge in [0, 0.05) is 16.6 Å². The van der Waals surface area contributed by atoms with Gasteiger partial charge in [-0.1, -0.05) is 6.07 Å². The quantitative estimate of drug-likeness (QED) is 0.648. The van der Waals surface area contributed by atoms with Crippen molar-refractivity contribution in [2.75, 3.05) is 0 Å². The molecule has 2 rings (SSSR count). The summed E-state index contributed by atoms with van der Waals surface area (Å²) in [5.41, 5.74) is 4.11. The Morgan fingerprint density at radius 1 is 1.31 bits per heavy atom. The van der Waals surface area contributed by atoms with Crippen molar-refractivity contribution in [2.24, 2.45) is 0 Å². The van der Waals surface area contributed by atoms with E-state index in [1.807, 2.05) is 32.0 Å². The van der Waals surface area contributed by atoms with Crippen LogP contribution in [0.15, 0.2) is 18.2 Å². The Balaban J connectivity index is 2.97. The lowest BCUT2D eigenvalue weighted by Crippen LogP contribution is -1.77. The van der Waals surface area contributed by atoms with E-state index in [1.54, 1.807) is 0 Å². The molecule has 1 aromatic heterocycles. The predicted octanol–water partition coefficient (Wildman–Crippen LogP) is 2.66. The van der Waals surface area contributed by atoms with Gasteiger partial charge in [-0.3, -0.25) is 0 Å². The first-order valence-electron chi connectivity index (χ1n) is 4.22. The zero-order chi connectivity index (χ0) is 9.42. The molecule has 2 heteroatoms. The summed E-state index contributed by atoms with van der Waals surface area (Å²) in [6.07, 6.45) is 0. The zero-order valence-electron chi connectivity index (χ0n) is 7.68. The topological polar surface area (TPSA) is 39.6 Å². The van der Waals surface area contributed by atoms with Crippen molar-refractivity contribution in [2.45, 2.75) is 13.8 Å². The number of aryl methyl sites for hydroxylation is 2. The van der Waals surface area contributed by atoms with Gasteiger partial charge >= 0.3 is 0 Å². The summed E-state index contributed by atoms with van der Waals surface area (Å²) in [4.78, 5) is 3.25. The van der Waals surface area contributed by atoms with Crippen molar-refractivity contribution < 1.29 is 0 Å². The Kier molecular flexibility index (Phi) is 1.60. The number of rotatable bonds is 0. The van der Waals surface area contributed by atoms with Crippen LogP contribution in [0.5, 0.6) is 0 Å². The fourth-order valence-corrected chi connectivity index (χ4v) is 1.64. The number of aromatic nitrogens is 1. The fraction of sp³-hybridized carbons (Fsp3) is 0.182. The Morgan fingerprint density at radius 3 is 2.77 bits per heavy atom. The average Bonchev–Trinajstić information content (AvgIpc) is 2.43. The van der Waals surface area contributed by atoms with E-state index >= 15 is 0 Å². The van der Waals surface area contributed by atoms with Crippen molar-refractivity contribution >= 4 is 10.9 Å². The third-order valence-corrected chi connectivity index (χ3v) is 2.44. The maximum Gasteiger partial charge on any atom is 0.0998 e. The molecule has 2 aromatic rings. The van der Waals surface area contributed by atoms with Gasteiger partial charge in [0.05, 0.1) is 11.6 Å². The minimum atomic E-state index is 0.749. The monoisotopic (exact) mass is 170 g/mol. The molecular weight excluding hydrogens is 160 g/mol. The van der Waals surface area contributed by atoms with Gasteiger partial charge in [-0.25, -0.2) is 0 Å². The lowest BCUT2D eigenvalue weighted by Gasteiger charge is -1.93. The Hall–Kier alpha value is -1.75. The molecule has 13 heavy (non-hydrogen) atoms. The highest BCUT2D eigenvalue weighted by atomic mass is 14.7. The zero-order valence-corrected chi connectivity index (χ0v) is 7.68. The number of nitrogens with one attached hydrogen (secondary N) is 1. The first-order valence-corrected chi connectivity index (χ1v) is 4.22. The maximum absolute atomic E-state index is 8.91. The number of H-pyrrole nitrogens is 1. The van der Waals surface area contributed by atoms with Crippen LogP contribution < -0.4 is 0 Å². The number of hydrogen-bond acceptors (Lipinski definition) is 1. The number of aromatic amines is 1. The first kappa shape index (κ1) is 7.88. The largest absolute Gasteiger partial charge is 0.358 e. The van der Waals surface area contributed by atoms with Gasteiger partial charge in [-0.15, -0.1) is 0 Å². The molecule has 0 radical (unpaired) electrons. The fourth-order valence-electron chi connectivity index (χ4n) is 1.64. The third kappa shape index (κ3) is 1.01. The molecule has 0 atom stereocenters. The Labute approximate surface area is 76.8 Å². The molecule has 0 saturated heterocycles. The van der Waals surface area contributed by atoms with Crippen molar-refractivity contribution in [1.29, 1.82) is 5.26 Å². The Morgan fingerprint density at radius 2 is 2.08 bits per heavy atom. The molecule has 0 amide bonds. The van der Waals surface area contributed by atoms with Crippen molar-refractivity contribution in [3.8, 4) is 6.07 Å². The molecule has 64 valence electrons. The van der Waals surface area contributed by atoms with Crippen LogP contribution in [-0.4, -0.2) is 4.98 Å². The molecule has 1 N–H and O–H groups in total. The van der Waals surface area contributed by atoms with E-state index in [0.717, 1.165) is 22.2 Å². The number of nitrogens with zero attached hydrogens (tertiary/aromatic N) is 1. The van der Waals surface area contributed by atoms with Crippen LogP contribution in [0, 0.1) is 25.2 Å². The summed E-state index contributed by atoms with van der Waals surface area (Å²) in [5, 5.41) is 9.96. The van der Waals surface area contributed by atoms with Crippen LogP contribution in [-0.2, 0) is 0 Å². The summed E-state index contributed by atoms with van der Waals surface area (Å²) in [6.45, 7) is 4.06. The molecule has 1 aromatic carbocycles. The highest BCUT2D eigenvalue weighted by Crippen LogP contribution is 2.23. The summed E-state index contributed by atoms with van der Waals surface area (Å²) >= 11 is 0. The summed E-state index contributed by atoms with van der Waals surface area (Å²) in [6, 6.07) is 7.95. The molecule has 0 aliphatic rings. The summed E-state index contributed by atoms with van der Waals surface area (Å²) in [7, 11) is 0. The molecule has 0 aliphatic carbocycles. The Bertz CT molecular complexity index is 501. The van der Waals surface area contributed by atoms with Gasteiger partial charge in [0.2, 0.25) is 0 Å². The van der Waals surface area contributed by atoms with E-state index in [-0.39, 0.29) is 0 Å². The summed E-state index contributed by atoms with van der Waals surface area (Å²) in [5.74, 6) is 0. The number of benzene rings is 1. The van der Waals surface area contributed by atoms with E-state index in [1.165, 1.54) is 5.56 Å². The number of hydrogen-bond donors (Lipinski definition) is 1. The second kappa shape index (κ2) is 2.63. The van der Waals surface area contributed by atoms with Crippen molar-refractivity contribution in [3.05, 3.63) is 35.0 Å². The molecule has 2 nitrogen and oxygen atoms in total. The average molecular weight is 170 g/mol. The van der Waals surface area contributed by atoms with E-state index in [4.69, 9.17) is 5.26 Å². The molecular formula is C11H10N2. The van der Waals surface area contributed by atoms with Crippen LogP contribution in [0.2, 0.25) is 0 Å². The van der Waals surface area contributed by atoms with Gasteiger partial charge in [-0.05, 0) is 31.5 Å². The van der Waals surface area contributed by atoms with Gasteiger partial charge in [0.15, 0.2) is 0 Å². The second-order valence-corrected chi connectivity index (χ2v) is 3.21. The summed E-state index contributed by atoms with van der Waals surface area (Å²) < 4.78 is 0. The van der Waals surface area contributed by atoms with E-state index in [2.05, 4.69) is 11.1 Å². The molecule has 1 heterocycles. The van der Waals surface area contributed by atoms with E-state index in [0.29, 0.717) is 0 Å². The van der Waals surface area contributed by atoms with Crippen LogP contribution in [0.1, 0.15) is 16.8 Å². The van der Waals surface area contributed by atoms with Crippen LogP contribution >= 0.6 is 0 Å². The minimum Gasteiger partial charge on any atom is -0.358 e. The maximum atomic E-state index is 8.91. The van der Waals surface area contributed by atoms with Gasteiger partial charge < -0.3 is 4.98 Å². The smallest absolute Gasteiger partial charge is 0.0998 e. The van der Waals surface area contributed by atoms with Gasteiger partial charge in [0.1, 0.15) is 0 Å². The highest BCUT2D eigenvalue weighted by Gasteiger charge is 2.07. The first-order chi connectivity index (χ1) is 6.24. The molecule has 0 bridgehead atoms. The van der Waals surface area contributed by atoms with E-state index < -0.39 is 0 Å². The minimum absolute atomic E-state index is 0.749. The molecule has 0 aliphatic heterocycles. The lowest BCUT2D eigenvalue weighted by molar-refractivity contribution is 1.25. The second-order valence-electron chi connectivity index (χ2n) is 3.21. The molecule has 0 unspecified atom stereocenters. The lowest BCUT2D eigenvalue weighted by atomic mass is 10.1. The molecule has 0 saturated carbocycles. The van der Waals surface area contributed by atoms with Crippen molar-refractivity contribution in [1.82, 2.24) is 4.98 Å². The van der Waals surface area contributed by atoms with Crippen LogP contribution in [0.4, 0.5) is 0 Å². The number of nitriles is 1. The molecule has 0 spiro atoms. The van der Waals surface area contributed by atoms with Crippen LogP contribution in [0.3, 0.4) is 0 Å². The van der Waals surface area contributed by atoms with Gasteiger partial charge in [0.25, 0.3) is 0 Å². The highest BCUT2D eigenvalue weighted by molar-refractivity contribution is 5.89. The molecule has 0 fully saturated rings. The predicted molar refractivity (Wildman–Crippen MR) is 52.5 cm³/mol. The number of fused-ring (bicyclic) bond motifs is 1. The standard InChI is InChI=1S/C11H10N2/c1-7-8(2)13-10-5-3-4-9(6-12)11(7)10/h3-5,13H,1-2H3. The van der Waals surface area contributed by atoms with Crippen molar-refractivity contribution in [3.63, 3.8) is 0 Å².